The Morgan fingerprint density at radius 2 is 1.85 bits per heavy atom. The molecular weight excluding hydrogens is 266 g/mol. The van der Waals surface area contributed by atoms with E-state index in [4.69, 9.17) is 11.6 Å². The van der Waals surface area contributed by atoms with Gasteiger partial charge in [0.25, 0.3) is 0 Å². The normalized spacial score (nSPS) is 10.9. The summed E-state index contributed by atoms with van der Waals surface area (Å²) < 4.78 is 2.32. The first-order chi connectivity index (χ1) is 9.67. The predicted octanol–water partition coefficient (Wildman–Crippen LogP) is 5.29. The van der Waals surface area contributed by atoms with Crippen LogP contribution >= 0.6 is 11.6 Å². The van der Waals surface area contributed by atoms with Gasteiger partial charge in [-0.25, -0.2) is 0 Å². The quantitative estimate of drug-likeness (QED) is 0.614. The fourth-order valence-corrected chi connectivity index (χ4v) is 2.66. The summed E-state index contributed by atoms with van der Waals surface area (Å²) >= 11 is 5.94. The molecule has 0 aliphatic heterocycles. The van der Waals surface area contributed by atoms with E-state index in [2.05, 4.69) is 54.5 Å². The first-order valence-corrected chi connectivity index (χ1v) is 7.02. The van der Waals surface area contributed by atoms with E-state index in [1.165, 1.54) is 22.2 Å². The van der Waals surface area contributed by atoms with Gasteiger partial charge in [-0.1, -0.05) is 42.5 Å². The van der Waals surface area contributed by atoms with E-state index >= 15 is 0 Å². The number of rotatable bonds is 3. The van der Waals surface area contributed by atoms with Crippen LogP contribution in [0.15, 0.2) is 55.1 Å². The molecule has 0 aliphatic rings. The highest BCUT2D eigenvalue weighted by atomic mass is 35.5. The Balaban J connectivity index is 2.04. The predicted molar refractivity (Wildman–Crippen MR) is 87.3 cm³/mol. The molecule has 0 saturated heterocycles. The Hall–Kier alpha value is -1.99. The second-order valence-corrected chi connectivity index (χ2v) is 5.46. The molecule has 0 atom stereocenters. The van der Waals surface area contributed by atoms with Gasteiger partial charge in [0.15, 0.2) is 0 Å². The maximum Gasteiger partial charge on any atom is 0.0485 e. The van der Waals surface area contributed by atoms with Gasteiger partial charge in [0.2, 0.25) is 0 Å². The Labute approximate surface area is 124 Å². The molecule has 0 saturated carbocycles. The molecule has 0 amide bonds. The van der Waals surface area contributed by atoms with Crippen molar-refractivity contribution in [2.45, 2.75) is 13.5 Å². The number of fused-ring (bicyclic) bond motifs is 1. The summed E-state index contributed by atoms with van der Waals surface area (Å²) in [6.07, 6.45) is 1.88. The topological polar surface area (TPSA) is 4.93 Å². The molecule has 3 aromatic rings. The highest BCUT2D eigenvalue weighted by Crippen LogP contribution is 2.23. The van der Waals surface area contributed by atoms with Gasteiger partial charge >= 0.3 is 0 Å². The van der Waals surface area contributed by atoms with Crippen molar-refractivity contribution >= 4 is 28.6 Å². The van der Waals surface area contributed by atoms with Crippen LogP contribution < -0.4 is 0 Å². The van der Waals surface area contributed by atoms with Gasteiger partial charge in [-0.05, 0) is 48.4 Å². The lowest BCUT2D eigenvalue weighted by Gasteiger charge is -2.09. The molecular formula is C18H16ClN. The second-order valence-electron chi connectivity index (χ2n) is 5.02. The molecule has 1 aromatic heterocycles. The number of nitrogens with zero attached hydrogens (tertiary/aromatic N) is 1. The third kappa shape index (κ3) is 2.37. The van der Waals surface area contributed by atoms with Gasteiger partial charge in [0.05, 0.1) is 0 Å². The van der Waals surface area contributed by atoms with Crippen molar-refractivity contribution in [3.05, 3.63) is 77.0 Å². The molecule has 0 fully saturated rings. The third-order valence-electron chi connectivity index (χ3n) is 3.62. The zero-order chi connectivity index (χ0) is 14.1. The zero-order valence-corrected chi connectivity index (χ0v) is 12.2. The van der Waals surface area contributed by atoms with Gasteiger partial charge in [-0.15, -0.1) is 0 Å². The summed E-state index contributed by atoms with van der Waals surface area (Å²) in [7, 11) is 0. The van der Waals surface area contributed by atoms with E-state index in [0.717, 1.165) is 17.1 Å². The van der Waals surface area contributed by atoms with Crippen molar-refractivity contribution in [1.29, 1.82) is 0 Å². The number of aryl methyl sites for hydroxylation is 1. The minimum Gasteiger partial charge on any atom is -0.340 e. The molecule has 1 nitrogen and oxygen atoms in total. The highest BCUT2D eigenvalue weighted by molar-refractivity contribution is 6.30. The minimum absolute atomic E-state index is 0.776. The van der Waals surface area contributed by atoms with E-state index < -0.39 is 0 Å². The number of aromatic nitrogens is 1. The van der Waals surface area contributed by atoms with Crippen LogP contribution in [-0.4, -0.2) is 4.57 Å². The van der Waals surface area contributed by atoms with E-state index in [1.807, 2.05) is 18.2 Å². The summed E-state index contributed by atoms with van der Waals surface area (Å²) in [6, 6.07) is 16.7. The van der Waals surface area contributed by atoms with E-state index in [9.17, 15) is 0 Å². The summed E-state index contributed by atoms with van der Waals surface area (Å²) in [5.41, 5.74) is 4.92. The van der Waals surface area contributed by atoms with Crippen LogP contribution in [0.3, 0.4) is 0 Å². The zero-order valence-electron chi connectivity index (χ0n) is 11.4. The standard InChI is InChI=1S/C18H16ClN/c1-3-14-6-9-18-16(11-14)10-13(2)20(18)12-15-4-7-17(19)8-5-15/h3-11H,1,12H2,2H3. The Morgan fingerprint density at radius 3 is 2.55 bits per heavy atom. The lowest BCUT2D eigenvalue weighted by Crippen LogP contribution is -2.01. The van der Waals surface area contributed by atoms with Crippen LogP contribution in [0.5, 0.6) is 0 Å². The SMILES string of the molecule is C=Cc1ccc2c(c1)cc(C)n2Cc1ccc(Cl)cc1. The molecule has 3 rings (SSSR count). The smallest absolute Gasteiger partial charge is 0.0485 e. The van der Waals surface area contributed by atoms with Crippen molar-refractivity contribution in [3.63, 3.8) is 0 Å². The summed E-state index contributed by atoms with van der Waals surface area (Å²) in [6.45, 7) is 6.83. The molecule has 0 N–H and O–H groups in total. The van der Waals surface area contributed by atoms with Gasteiger partial charge in [0.1, 0.15) is 0 Å². The Bertz CT molecular complexity index is 766. The summed E-state index contributed by atoms with van der Waals surface area (Å²) in [5.74, 6) is 0. The number of hydrogen-bond donors (Lipinski definition) is 0. The minimum atomic E-state index is 0.776. The molecule has 0 bridgehead atoms. The van der Waals surface area contributed by atoms with Crippen LogP contribution in [0.2, 0.25) is 5.02 Å². The van der Waals surface area contributed by atoms with E-state index in [-0.39, 0.29) is 0 Å². The lowest BCUT2D eigenvalue weighted by atomic mass is 10.1. The van der Waals surface area contributed by atoms with Crippen molar-refractivity contribution in [3.8, 4) is 0 Å². The maximum atomic E-state index is 5.94. The van der Waals surface area contributed by atoms with Crippen molar-refractivity contribution in [2.24, 2.45) is 0 Å². The van der Waals surface area contributed by atoms with Gasteiger partial charge in [0, 0.05) is 28.2 Å². The van der Waals surface area contributed by atoms with Crippen LogP contribution in [0, 0.1) is 6.92 Å². The average Bonchev–Trinajstić information content (AvgIpc) is 2.76. The van der Waals surface area contributed by atoms with Gasteiger partial charge in [-0.2, -0.15) is 0 Å². The van der Waals surface area contributed by atoms with Crippen LogP contribution in [0.25, 0.3) is 17.0 Å². The van der Waals surface area contributed by atoms with Crippen LogP contribution in [0.4, 0.5) is 0 Å². The molecule has 0 spiro atoms. The summed E-state index contributed by atoms with van der Waals surface area (Å²) in [4.78, 5) is 0. The first-order valence-electron chi connectivity index (χ1n) is 6.64. The lowest BCUT2D eigenvalue weighted by molar-refractivity contribution is 0.805. The highest BCUT2D eigenvalue weighted by Gasteiger charge is 2.06. The fourth-order valence-electron chi connectivity index (χ4n) is 2.54. The molecule has 0 aliphatic carbocycles. The monoisotopic (exact) mass is 281 g/mol. The number of benzene rings is 2. The van der Waals surface area contributed by atoms with Crippen LogP contribution in [0.1, 0.15) is 16.8 Å². The van der Waals surface area contributed by atoms with Crippen molar-refractivity contribution in [1.82, 2.24) is 4.57 Å². The number of halogens is 1. The Kier molecular flexibility index (Phi) is 3.37. The van der Waals surface area contributed by atoms with Crippen molar-refractivity contribution < 1.29 is 0 Å². The Morgan fingerprint density at radius 1 is 1.10 bits per heavy atom. The summed E-state index contributed by atoms with van der Waals surface area (Å²) in [5, 5.41) is 2.03. The average molecular weight is 282 g/mol. The second kappa shape index (κ2) is 5.18. The third-order valence-corrected chi connectivity index (χ3v) is 3.87. The fraction of sp³-hybridized carbons (Fsp3) is 0.111. The number of hydrogen-bond acceptors (Lipinski definition) is 0. The van der Waals surface area contributed by atoms with Crippen LogP contribution in [-0.2, 0) is 6.54 Å². The van der Waals surface area contributed by atoms with E-state index in [0.29, 0.717) is 0 Å². The first kappa shape index (κ1) is 13.0. The van der Waals surface area contributed by atoms with Gasteiger partial charge < -0.3 is 4.57 Å². The molecule has 20 heavy (non-hydrogen) atoms. The van der Waals surface area contributed by atoms with Crippen molar-refractivity contribution in [2.75, 3.05) is 0 Å². The molecule has 2 heteroatoms. The molecule has 0 unspecified atom stereocenters. The molecule has 100 valence electrons. The molecule has 2 aromatic carbocycles. The maximum absolute atomic E-state index is 5.94. The molecule has 0 radical (unpaired) electrons. The van der Waals surface area contributed by atoms with E-state index in [1.54, 1.807) is 0 Å². The largest absolute Gasteiger partial charge is 0.340 e. The molecule has 1 heterocycles. The van der Waals surface area contributed by atoms with Gasteiger partial charge in [-0.3, -0.25) is 0 Å².